The third-order valence-electron chi connectivity index (χ3n) is 1.90. The van der Waals surface area contributed by atoms with E-state index in [4.69, 9.17) is 10.8 Å². The molecule has 0 aliphatic heterocycles. The minimum absolute atomic E-state index is 0. The number of carbonyl (C=O) groups is 1. The summed E-state index contributed by atoms with van der Waals surface area (Å²) in [6.45, 7) is 1.98. The molecule has 0 amide bonds. The number of nitrogens with zero attached hydrogens (tertiary/aromatic N) is 1. The molecule has 1 atom stereocenters. The molecule has 1 aromatic carbocycles. The van der Waals surface area contributed by atoms with E-state index in [-0.39, 0.29) is 12.6 Å². The average molecular weight is 193 g/mol. The molecule has 4 nitrogen and oxygen atoms in total. The third-order valence-corrected chi connectivity index (χ3v) is 1.90. The average Bonchev–Trinajstić information content (AvgIpc) is 2.04. The number of carboxylic acids is 1. The maximum Gasteiger partial charge on any atom is 0.305 e. The molecular formula is C10H13N2O2. The Balaban J connectivity index is 0.00000169. The monoisotopic (exact) mass is 193 g/mol. The first-order valence-electron chi connectivity index (χ1n) is 4.13. The van der Waals surface area contributed by atoms with Crippen LogP contribution in [0, 0.1) is 6.92 Å². The van der Waals surface area contributed by atoms with Crippen LogP contribution in [0.1, 0.15) is 23.6 Å². The molecule has 1 aromatic rings. The van der Waals surface area contributed by atoms with E-state index in [9.17, 15) is 4.79 Å². The van der Waals surface area contributed by atoms with Gasteiger partial charge in [-0.05, 0) is 12.5 Å². The zero-order valence-electron chi connectivity index (χ0n) is 7.97. The van der Waals surface area contributed by atoms with Gasteiger partial charge in [-0.1, -0.05) is 29.8 Å². The van der Waals surface area contributed by atoms with Crippen LogP contribution in [0.3, 0.4) is 0 Å². The second-order valence-electron chi connectivity index (χ2n) is 3.12. The first-order chi connectivity index (χ1) is 6.09. The summed E-state index contributed by atoms with van der Waals surface area (Å²) in [5.74, 6) is -0.868. The van der Waals surface area contributed by atoms with Crippen LogP contribution in [-0.4, -0.2) is 11.1 Å². The molecule has 0 aliphatic rings. The minimum atomic E-state index is -0.868. The van der Waals surface area contributed by atoms with E-state index < -0.39 is 12.0 Å². The molecule has 3 N–H and O–H groups in total. The summed E-state index contributed by atoms with van der Waals surface area (Å²) in [5, 5.41) is 8.52. The maximum atomic E-state index is 10.4. The quantitative estimate of drug-likeness (QED) is 0.749. The van der Waals surface area contributed by atoms with Crippen molar-refractivity contribution in [3.8, 4) is 0 Å². The van der Waals surface area contributed by atoms with Gasteiger partial charge in [-0.25, -0.2) is 0 Å². The van der Waals surface area contributed by atoms with Crippen molar-refractivity contribution in [1.29, 1.82) is 0 Å². The molecule has 0 aromatic heterocycles. The maximum absolute atomic E-state index is 10.4. The highest BCUT2D eigenvalue weighted by Crippen LogP contribution is 2.14. The van der Waals surface area contributed by atoms with Crippen LogP contribution >= 0.6 is 0 Å². The van der Waals surface area contributed by atoms with Crippen molar-refractivity contribution in [2.75, 3.05) is 0 Å². The van der Waals surface area contributed by atoms with Gasteiger partial charge in [0.05, 0.1) is 6.42 Å². The van der Waals surface area contributed by atoms with Crippen molar-refractivity contribution < 1.29 is 9.90 Å². The highest BCUT2D eigenvalue weighted by molar-refractivity contribution is 5.67. The van der Waals surface area contributed by atoms with Crippen molar-refractivity contribution in [2.24, 2.45) is 5.73 Å². The predicted octanol–water partition coefficient (Wildman–Crippen LogP) is 0.989. The Morgan fingerprint density at radius 3 is 2.36 bits per heavy atom. The van der Waals surface area contributed by atoms with E-state index in [0.29, 0.717) is 0 Å². The van der Waals surface area contributed by atoms with Crippen molar-refractivity contribution in [3.05, 3.63) is 35.4 Å². The molecule has 0 spiro atoms. The Labute approximate surface area is 83.3 Å². The molecular weight excluding hydrogens is 180 g/mol. The molecule has 0 aliphatic carbocycles. The van der Waals surface area contributed by atoms with Crippen molar-refractivity contribution in [2.45, 2.75) is 19.4 Å². The molecule has 1 rings (SSSR count). The largest absolute Gasteiger partial charge is 0.481 e. The highest BCUT2D eigenvalue weighted by atomic mass is 16.4. The van der Waals surface area contributed by atoms with Gasteiger partial charge in [0.15, 0.2) is 0 Å². The Bertz CT molecular complexity index is 295. The summed E-state index contributed by atoms with van der Waals surface area (Å²) in [5.41, 5.74) is 7.68. The summed E-state index contributed by atoms with van der Waals surface area (Å²) in [6.07, 6.45) is -0.0247. The fraction of sp³-hybridized carbons (Fsp3) is 0.300. The molecule has 0 bridgehead atoms. The van der Waals surface area contributed by atoms with Gasteiger partial charge in [0, 0.05) is 12.2 Å². The van der Waals surface area contributed by atoms with Crippen molar-refractivity contribution in [3.63, 3.8) is 0 Å². The SMILES string of the molecule is Cc1ccc(C(N)CC(=O)O)cc1.[N]. The Kier molecular flexibility index (Phi) is 4.83. The van der Waals surface area contributed by atoms with Gasteiger partial charge in [-0.3, -0.25) is 4.79 Å². The number of nitrogens with two attached hydrogens (primary N) is 1. The van der Waals surface area contributed by atoms with Gasteiger partial charge in [0.2, 0.25) is 0 Å². The number of aliphatic carboxylic acids is 1. The lowest BCUT2D eigenvalue weighted by Crippen LogP contribution is -2.14. The summed E-state index contributed by atoms with van der Waals surface area (Å²) < 4.78 is 0. The van der Waals surface area contributed by atoms with Gasteiger partial charge >= 0.3 is 5.97 Å². The smallest absolute Gasteiger partial charge is 0.305 e. The minimum Gasteiger partial charge on any atom is -0.481 e. The Morgan fingerprint density at radius 2 is 1.93 bits per heavy atom. The number of benzene rings is 1. The normalized spacial score (nSPS) is 11.6. The van der Waals surface area contributed by atoms with E-state index in [1.54, 1.807) is 0 Å². The molecule has 0 saturated heterocycles. The Hall–Kier alpha value is -1.39. The number of hydrogen-bond acceptors (Lipinski definition) is 2. The molecule has 1 unspecified atom stereocenters. The van der Waals surface area contributed by atoms with Gasteiger partial charge in [0.25, 0.3) is 0 Å². The van der Waals surface area contributed by atoms with E-state index in [1.807, 2.05) is 31.2 Å². The second kappa shape index (κ2) is 5.36. The predicted molar refractivity (Wildman–Crippen MR) is 52.5 cm³/mol. The van der Waals surface area contributed by atoms with E-state index >= 15 is 0 Å². The van der Waals surface area contributed by atoms with Crippen LogP contribution in [-0.2, 0) is 4.79 Å². The zero-order valence-corrected chi connectivity index (χ0v) is 7.97. The van der Waals surface area contributed by atoms with Crippen molar-refractivity contribution >= 4 is 5.97 Å². The van der Waals surface area contributed by atoms with E-state index in [1.165, 1.54) is 0 Å². The number of carboxylic acid groups (broad SMARTS) is 1. The topological polar surface area (TPSA) is 93.8 Å². The first kappa shape index (κ1) is 12.6. The summed E-state index contributed by atoms with van der Waals surface area (Å²) in [6, 6.07) is 7.18. The van der Waals surface area contributed by atoms with Crippen molar-refractivity contribution in [1.82, 2.24) is 6.15 Å². The third kappa shape index (κ3) is 3.55. The molecule has 75 valence electrons. The summed E-state index contributed by atoms with van der Waals surface area (Å²) >= 11 is 0. The lowest BCUT2D eigenvalue weighted by molar-refractivity contribution is -0.137. The van der Waals surface area contributed by atoms with Crippen LogP contribution in [0.15, 0.2) is 24.3 Å². The highest BCUT2D eigenvalue weighted by Gasteiger charge is 2.09. The van der Waals surface area contributed by atoms with Gasteiger partial charge < -0.3 is 10.8 Å². The lowest BCUT2D eigenvalue weighted by Gasteiger charge is -2.08. The summed E-state index contributed by atoms with van der Waals surface area (Å²) in [7, 11) is 0. The zero-order chi connectivity index (χ0) is 9.84. The van der Waals surface area contributed by atoms with Gasteiger partial charge in [-0.15, -0.1) is 0 Å². The Morgan fingerprint density at radius 1 is 1.43 bits per heavy atom. The molecule has 14 heavy (non-hydrogen) atoms. The fourth-order valence-corrected chi connectivity index (χ4v) is 1.12. The molecule has 0 saturated carbocycles. The number of hydrogen-bond donors (Lipinski definition) is 2. The standard InChI is InChI=1S/C10H13NO2.N/c1-7-2-4-8(5-3-7)9(11)6-10(12)13;/h2-5,9H,6,11H2,1H3,(H,12,13);. The van der Waals surface area contributed by atoms with E-state index in [0.717, 1.165) is 11.1 Å². The lowest BCUT2D eigenvalue weighted by atomic mass is 10.0. The fourth-order valence-electron chi connectivity index (χ4n) is 1.12. The van der Waals surface area contributed by atoms with Crippen LogP contribution in [0.5, 0.6) is 0 Å². The van der Waals surface area contributed by atoms with Crippen LogP contribution in [0.2, 0.25) is 0 Å². The first-order valence-corrected chi connectivity index (χ1v) is 4.13. The molecule has 3 radical (unpaired) electrons. The molecule has 0 heterocycles. The summed E-state index contributed by atoms with van der Waals surface area (Å²) in [4.78, 5) is 10.4. The van der Waals surface area contributed by atoms with Crippen LogP contribution in [0.25, 0.3) is 0 Å². The van der Waals surface area contributed by atoms with E-state index in [2.05, 4.69) is 0 Å². The van der Waals surface area contributed by atoms with Crippen LogP contribution < -0.4 is 11.9 Å². The number of rotatable bonds is 3. The van der Waals surface area contributed by atoms with Crippen LogP contribution in [0.4, 0.5) is 0 Å². The number of aryl methyl sites for hydroxylation is 1. The molecule has 4 heteroatoms. The second-order valence-corrected chi connectivity index (χ2v) is 3.12. The molecule has 0 fully saturated rings. The van der Waals surface area contributed by atoms with Gasteiger partial charge in [-0.2, -0.15) is 0 Å². The van der Waals surface area contributed by atoms with Gasteiger partial charge in [0.1, 0.15) is 0 Å².